The van der Waals surface area contributed by atoms with Gasteiger partial charge in [-0.2, -0.15) is 0 Å². The molecule has 0 aliphatic rings. The zero-order chi connectivity index (χ0) is 28.5. The third-order valence-electron chi connectivity index (χ3n) is 5.07. The first-order chi connectivity index (χ1) is 18.5. The maximum atomic E-state index is 12.7. The molecule has 3 aromatic rings. The van der Waals surface area contributed by atoms with Crippen LogP contribution in [-0.2, 0) is 20.6 Å². The van der Waals surface area contributed by atoms with Gasteiger partial charge in [0.2, 0.25) is 0 Å². The van der Waals surface area contributed by atoms with Crippen molar-refractivity contribution in [3.05, 3.63) is 81.7 Å². The van der Waals surface area contributed by atoms with Gasteiger partial charge in [0, 0.05) is 17.0 Å². The third kappa shape index (κ3) is 8.90. The molecule has 10 heteroatoms. The Morgan fingerprint density at radius 1 is 0.846 bits per heavy atom. The highest BCUT2D eigenvalue weighted by Crippen LogP contribution is 2.31. The molecule has 0 fully saturated rings. The van der Waals surface area contributed by atoms with Crippen molar-refractivity contribution in [2.75, 3.05) is 17.2 Å². The average Bonchev–Trinajstić information content (AvgIpc) is 3.25. The molecule has 0 saturated heterocycles. The molecule has 0 aliphatic carbocycles. The number of anilines is 2. The Bertz CT molecular complexity index is 1290. The molecular formula is C29H32N2O6S2. The van der Waals surface area contributed by atoms with E-state index in [1.807, 2.05) is 30.3 Å². The molecule has 0 aliphatic heterocycles. The first-order valence-corrected chi connectivity index (χ1v) is 13.8. The number of ether oxygens (including phenoxy) is 3. The van der Waals surface area contributed by atoms with E-state index in [9.17, 15) is 14.4 Å². The predicted molar refractivity (Wildman–Crippen MR) is 157 cm³/mol. The van der Waals surface area contributed by atoms with Crippen molar-refractivity contribution < 1.29 is 28.6 Å². The highest BCUT2D eigenvalue weighted by molar-refractivity contribution is 7.80. The summed E-state index contributed by atoms with van der Waals surface area (Å²) in [5.74, 6) is -1.63. The normalized spacial score (nSPS) is 10.7. The van der Waals surface area contributed by atoms with Crippen molar-refractivity contribution in [2.45, 2.75) is 53.2 Å². The lowest BCUT2D eigenvalue weighted by atomic mass is 10.1. The van der Waals surface area contributed by atoms with Crippen LogP contribution in [0.25, 0.3) is 0 Å². The molecule has 2 N–H and O–H groups in total. The third-order valence-corrected chi connectivity index (χ3v) is 6.33. The number of thiophene rings is 1. The van der Waals surface area contributed by atoms with Crippen LogP contribution in [0.15, 0.2) is 54.6 Å². The van der Waals surface area contributed by atoms with Gasteiger partial charge in [-0.15, -0.1) is 11.3 Å². The van der Waals surface area contributed by atoms with Gasteiger partial charge >= 0.3 is 17.9 Å². The number of carbonyl (C=O) groups is 3. The second-order valence-corrected chi connectivity index (χ2v) is 10.7. The van der Waals surface area contributed by atoms with E-state index >= 15 is 0 Å². The summed E-state index contributed by atoms with van der Waals surface area (Å²) in [6.45, 7) is 8.93. The predicted octanol–water partition coefficient (Wildman–Crippen LogP) is 6.45. The summed E-state index contributed by atoms with van der Waals surface area (Å²) in [5, 5.41) is 6.75. The van der Waals surface area contributed by atoms with E-state index in [1.54, 1.807) is 40.7 Å². The van der Waals surface area contributed by atoms with Crippen molar-refractivity contribution in [3.8, 4) is 0 Å². The molecule has 0 atom stereocenters. The van der Waals surface area contributed by atoms with Gasteiger partial charge in [-0.3, -0.25) is 0 Å². The Morgan fingerprint density at radius 3 is 1.97 bits per heavy atom. The quantitative estimate of drug-likeness (QED) is 0.162. The Kier molecular flexibility index (Phi) is 10.6. The Labute approximate surface area is 237 Å². The number of carbonyl (C=O) groups excluding carboxylic acids is 3. The van der Waals surface area contributed by atoms with Gasteiger partial charge in [0.1, 0.15) is 5.00 Å². The monoisotopic (exact) mass is 568 g/mol. The van der Waals surface area contributed by atoms with Crippen LogP contribution < -0.4 is 10.6 Å². The van der Waals surface area contributed by atoms with Gasteiger partial charge in [0.25, 0.3) is 0 Å². The topological polar surface area (TPSA) is 103 Å². The molecule has 206 valence electrons. The van der Waals surface area contributed by atoms with Crippen molar-refractivity contribution in [1.82, 2.24) is 0 Å². The number of benzene rings is 2. The number of esters is 3. The van der Waals surface area contributed by atoms with Crippen LogP contribution >= 0.6 is 23.6 Å². The molecular weight excluding hydrogens is 536 g/mol. The van der Waals surface area contributed by atoms with E-state index < -0.39 is 17.9 Å². The van der Waals surface area contributed by atoms with Crippen molar-refractivity contribution >= 4 is 57.3 Å². The van der Waals surface area contributed by atoms with E-state index in [2.05, 4.69) is 10.6 Å². The van der Waals surface area contributed by atoms with E-state index in [0.29, 0.717) is 22.7 Å². The minimum Gasteiger partial charge on any atom is -0.462 e. The minimum atomic E-state index is -0.584. The first kappa shape index (κ1) is 29.8. The number of hydrogen-bond acceptors (Lipinski definition) is 8. The number of thiocarbonyl (C=S) groups is 1. The smallest absolute Gasteiger partial charge is 0.341 e. The largest absolute Gasteiger partial charge is 0.462 e. The highest BCUT2D eigenvalue weighted by atomic mass is 32.1. The van der Waals surface area contributed by atoms with Crippen LogP contribution in [0, 0.1) is 0 Å². The zero-order valence-electron chi connectivity index (χ0n) is 22.5. The summed E-state index contributed by atoms with van der Waals surface area (Å²) >= 11 is 6.92. The zero-order valence-corrected chi connectivity index (χ0v) is 24.2. The molecule has 39 heavy (non-hydrogen) atoms. The van der Waals surface area contributed by atoms with Crippen LogP contribution in [0.5, 0.6) is 0 Å². The van der Waals surface area contributed by atoms with Crippen LogP contribution in [-0.4, -0.2) is 41.8 Å². The Hall–Kier alpha value is -3.76. The fourth-order valence-electron chi connectivity index (χ4n) is 3.54. The molecule has 0 saturated carbocycles. The average molecular weight is 569 g/mol. The summed E-state index contributed by atoms with van der Waals surface area (Å²) < 4.78 is 15.9. The summed E-state index contributed by atoms with van der Waals surface area (Å²) in [6, 6.07) is 16.2. The van der Waals surface area contributed by atoms with Crippen LogP contribution in [0.3, 0.4) is 0 Å². The molecule has 1 heterocycles. The van der Waals surface area contributed by atoms with Gasteiger partial charge < -0.3 is 24.8 Å². The molecule has 2 aromatic carbocycles. The van der Waals surface area contributed by atoms with E-state index in [-0.39, 0.29) is 35.1 Å². The lowest BCUT2D eigenvalue weighted by Gasteiger charge is -2.15. The van der Waals surface area contributed by atoms with Gasteiger partial charge in [-0.1, -0.05) is 30.3 Å². The van der Waals surface area contributed by atoms with Gasteiger partial charge in [0.15, 0.2) is 5.11 Å². The number of hydrogen-bond donors (Lipinski definition) is 2. The van der Waals surface area contributed by atoms with Gasteiger partial charge in [0.05, 0.1) is 35.5 Å². The molecule has 0 unspecified atom stereocenters. The van der Waals surface area contributed by atoms with Crippen molar-refractivity contribution in [1.29, 1.82) is 0 Å². The van der Waals surface area contributed by atoms with Crippen molar-refractivity contribution in [2.24, 2.45) is 0 Å². The maximum Gasteiger partial charge on any atom is 0.341 e. The second kappa shape index (κ2) is 13.9. The molecule has 1 aromatic heterocycles. The summed E-state index contributed by atoms with van der Waals surface area (Å²) in [6.07, 6.45) is -0.0394. The highest BCUT2D eigenvalue weighted by Gasteiger charge is 2.20. The van der Waals surface area contributed by atoms with E-state index in [1.165, 1.54) is 29.5 Å². The fraction of sp³-hybridized carbons (Fsp3) is 0.310. The molecule has 0 bridgehead atoms. The Balaban J connectivity index is 1.87. The lowest BCUT2D eigenvalue weighted by molar-refractivity contribution is 0.0376. The summed E-state index contributed by atoms with van der Waals surface area (Å²) in [7, 11) is 0. The standard InChI is InChI=1S/C29H32N2O6S2/c1-6-35-28(34)24-16-23(12-19-10-8-7-9-11-19)39-25(24)31-29(38)30-22-14-20(26(32)36-17(2)3)13-21(15-22)27(33)37-18(4)5/h7-11,13-18H,6,12H2,1-5H3,(H2,30,31,38). The van der Waals surface area contributed by atoms with Crippen LogP contribution in [0.4, 0.5) is 10.7 Å². The molecule has 3 rings (SSSR count). The molecule has 8 nitrogen and oxygen atoms in total. The number of rotatable bonds is 10. The van der Waals surface area contributed by atoms with Crippen LogP contribution in [0.2, 0.25) is 0 Å². The van der Waals surface area contributed by atoms with Gasteiger partial charge in [-0.05, 0) is 76.7 Å². The van der Waals surface area contributed by atoms with E-state index in [4.69, 9.17) is 26.4 Å². The summed E-state index contributed by atoms with van der Waals surface area (Å²) in [5.41, 5.74) is 2.18. The Morgan fingerprint density at radius 2 is 1.44 bits per heavy atom. The fourth-order valence-corrected chi connectivity index (χ4v) is 4.91. The van der Waals surface area contributed by atoms with E-state index in [0.717, 1.165) is 10.4 Å². The first-order valence-electron chi connectivity index (χ1n) is 12.5. The minimum absolute atomic E-state index is 0.159. The number of nitrogens with one attached hydrogen (secondary N) is 2. The van der Waals surface area contributed by atoms with Crippen molar-refractivity contribution in [3.63, 3.8) is 0 Å². The molecule has 0 amide bonds. The summed E-state index contributed by atoms with van der Waals surface area (Å²) in [4.78, 5) is 38.8. The van der Waals surface area contributed by atoms with Crippen LogP contribution in [0.1, 0.15) is 76.1 Å². The lowest BCUT2D eigenvalue weighted by Crippen LogP contribution is -2.21. The van der Waals surface area contributed by atoms with Gasteiger partial charge in [-0.25, -0.2) is 14.4 Å². The molecule has 0 radical (unpaired) electrons. The second-order valence-electron chi connectivity index (χ2n) is 9.12. The maximum absolute atomic E-state index is 12.7. The molecule has 0 spiro atoms. The SMILES string of the molecule is CCOC(=O)c1cc(Cc2ccccc2)sc1NC(=S)Nc1cc(C(=O)OC(C)C)cc(C(=O)OC(C)C)c1.